The number of benzene rings is 1. The van der Waals surface area contributed by atoms with E-state index < -0.39 is 5.82 Å². The Kier molecular flexibility index (Phi) is 5.48. The molecule has 1 aliphatic heterocycles. The Balaban J connectivity index is 1.53. The third kappa shape index (κ3) is 4.45. The summed E-state index contributed by atoms with van der Waals surface area (Å²) in [4.78, 5) is 22.4. The lowest BCUT2D eigenvalue weighted by Crippen LogP contribution is -2.42. The fourth-order valence-corrected chi connectivity index (χ4v) is 3.01. The summed E-state index contributed by atoms with van der Waals surface area (Å²) in [5, 5.41) is 0.281. The van der Waals surface area contributed by atoms with Crippen LogP contribution in [0.2, 0.25) is 5.02 Å². The molecule has 0 aliphatic carbocycles. The van der Waals surface area contributed by atoms with E-state index in [-0.39, 0.29) is 29.0 Å². The number of piperidine rings is 1. The normalized spacial score (nSPS) is 15.2. The Bertz CT molecular complexity index is 726. The summed E-state index contributed by atoms with van der Waals surface area (Å²) in [5.41, 5.74) is 1.22. The van der Waals surface area contributed by atoms with E-state index in [2.05, 4.69) is 9.97 Å². The molecule has 0 atom stereocenters. The summed E-state index contributed by atoms with van der Waals surface area (Å²) in [7, 11) is 0. The molecule has 0 N–H and O–H groups in total. The van der Waals surface area contributed by atoms with Crippen molar-refractivity contribution in [3.05, 3.63) is 52.6 Å². The van der Waals surface area contributed by atoms with Crippen molar-refractivity contribution in [2.45, 2.75) is 32.3 Å². The second-order valence-corrected chi connectivity index (χ2v) is 6.53. The smallest absolute Gasteiger partial charge is 0.316 e. The van der Waals surface area contributed by atoms with E-state index in [9.17, 15) is 9.18 Å². The second-order valence-electron chi connectivity index (χ2n) is 6.12. The van der Waals surface area contributed by atoms with Gasteiger partial charge in [0.15, 0.2) is 0 Å². The van der Waals surface area contributed by atoms with Crippen molar-refractivity contribution in [1.82, 2.24) is 14.9 Å². The van der Waals surface area contributed by atoms with Crippen LogP contribution in [-0.2, 0) is 11.2 Å². The molecule has 0 radical (unpaired) electrons. The quantitative estimate of drug-likeness (QED) is 0.837. The monoisotopic (exact) mass is 363 g/mol. The molecule has 5 nitrogen and oxygen atoms in total. The maximum atomic E-state index is 13.8. The van der Waals surface area contributed by atoms with Crippen LogP contribution in [0.5, 0.6) is 6.01 Å². The van der Waals surface area contributed by atoms with Gasteiger partial charge in [-0.15, -0.1) is 0 Å². The van der Waals surface area contributed by atoms with Crippen LogP contribution in [0.3, 0.4) is 0 Å². The Labute approximate surface area is 150 Å². The maximum Gasteiger partial charge on any atom is 0.316 e. The lowest BCUT2D eigenvalue weighted by molar-refractivity contribution is -0.132. The van der Waals surface area contributed by atoms with Crippen molar-refractivity contribution >= 4 is 17.5 Å². The van der Waals surface area contributed by atoms with Crippen LogP contribution in [0.15, 0.2) is 30.6 Å². The lowest BCUT2D eigenvalue weighted by atomic mass is 10.1. The standard InChI is InChI=1S/C18H19ClFN3O2/c1-12-10-21-18(22-11-12)25-13-5-7-23(8-6-13)17(24)9-14-15(19)3-2-4-16(14)20/h2-4,10-11,13H,5-9H2,1H3. The molecule has 1 aromatic carbocycles. The average Bonchev–Trinajstić information content (AvgIpc) is 2.61. The summed E-state index contributed by atoms with van der Waals surface area (Å²) in [6.45, 7) is 3.03. The Hall–Kier alpha value is -2.21. The third-order valence-corrected chi connectivity index (χ3v) is 4.57. The lowest BCUT2D eigenvalue weighted by Gasteiger charge is -2.31. The SMILES string of the molecule is Cc1cnc(OC2CCN(C(=O)Cc3c(F)cccc3Cl)CC2)nc1. The number of likely N-dealkylation sites (tertiary alicyclic amines) is 1. The predicted octanol–water partition coefficient (Wildman–Crippen LogP) is 3.19. The molecule has 1 aromatic heterocycles. The number of hydrogen-bond acceptors (Lipinski definition) is 4. The molecule has 0 saturated carbocycles. The zero-order valence-corrected chi connectivity index (χ0v) is 14.7. The fraction of sp³-hybridized carbons (Fsp3) is 0.389. The number of nitrogens with zero attached hydrogens (tertiary/aromatic N) is 3. The molecule has 0 bridgehead atoms. The molecule has 1 saturated heterocycles. The highest BCUT2D eigenvalue weighted by atomic mass is 35.5. The average molecular weight is 364 g/mol. The predicted molar refractivity (Wildman–Crippen MR) is 92.1 cm³/mol. The summed E-state index contributed by atoms with van der Waals surface area (Å²) in [6, 6.07) is 4.79. The van der Waals surface area contributed by atoms with E-state index >= 15 is 0 Å². The van der Waals surface area contributed by atoms with Crippen LogP contribution in [0.4, 0.5) is 4.39 Å². The fourth-order valence-electron chi connectivity index (χ4n) is 2.78. The van der Waals surface area contributed by atoms with Gasteiger partial charge in [-0.1, -0.05) is 17.7 Å². The number of aromatic nitrogens is 2. The molecule has 7 heteroatoms. The second kappa shape index (κ2) is 7.78. The summed E-state index contributed by atoms with van der Waals surface area (Å²) < 4.78 is 19.6. The molecule has 1 amide bonds. The van der Waals surface area contributed by atoms with Crippen molar-refractivity contribution < 1.29 is 13.9 Å². The van der Waals surface area contributed by atoms with Gasteiger partial charge in [-0.05, 0) is 24.6 Å². The van der Waals surface area contributed by atoms with E-state index in [4.69, 9.17) is 16.3 Å². The zero-order valence-electron chi connectivity index (χ0n) is 13.9. The number of carbonyl (C=O) groups is 1. The minimum Gasteiger partial charge on any atom is -0.460 e. The summed E-state index contributed by atoms with van der Waals surface area (Å²) in [5.74, 6) is -0.576. The van der Waals surface area contributed by atoms with E-state index in [0.29, 0.717) is 31.9 Å². The van der Waals surface area contributed by atoms with Gasteiger partial charge in [0.25, 0.3) is 0 Å². The molecule has 3 rings (SSSR count). The van der Waals surface area contributed by atoms with Crippen molar-refractivity contribution in [2.75, 3.05) is 13.1 Å². The molecule has 132 valence electrons. The van der Waals surface area contributed by atoms with Gasteiger partial charge in [-0.25, -0.2) is 14.4 Å². The molecule has 2 heterocycles. The molecule has 1 aliphatic rings. The number of carbonyl (C=O) groups excluding carboxylic acids is 1. The van der Waals surface area contributed by atoms with Crippen LogP contribution in [0.1, 0.15) is 24.0 Å². The minimum absolute atomic E-state index is 0.0243. The number of aryl methyl sites for hydroxylation is 1. The molecule has 2 aromatic rings. The van der Waals surface area contributed by atoms with Crippen molar-refractivity contribution in [3.63, 3.8) is 0 Å². The van der Waals surface area contributed by atoms with Gasteiger partial charge in [0, 0.05) is 48.9 Å². The van der Waals surface area contributed by atoms with Gasteiger partial charge in [0.05, 0.1) is 6.42 Å². The van der Waals surface area contributed by atoms with Gasteiger partial charge in [0.2, 0.25) is 5.91 Å². The first-order valence-electron chi connectivity index (χ1n) is 8.19. The van der Waals surface area contributed by atoms with Crippen molar-refractivity contribution in [1.29, 1.82) is 0 Å². The molecular formula is C18H19ClFN3O2. The topological polar surface area (TPSA) is 55.3 Å². The number of amides is 1. The number of ether oxygens (including phenoxy) is 1. The van der Waals surface area contributed by atoms with E-state index in [1.807, 2.05) is 6.92 Å². The van der Waals surface area contributed by atoms with Crippen LogP contribution in [0, 0.1) is 12.7 Å². The van der Waals surface area contributed by atoms with Crippen LogP contribution >= 0.6 is 11.6 Å². The highest BCUT2D eigenvalue weighted by Gasteiger charge is 2.25. The highest BCUT2D eigenvalue weighted by Crippen LogP contribution is 2.22. The van der Waals surface area contributed by atoms with Crippen LogP contribution < -0.4 is 4.74 Å². The largest absolute Gasteiger partial charge is 0.460 e. The van der Waals surface area contributed by atoms with Gasteiger partial charge >= 0.3 is 6.01 Å². The number of hydrogen-bond donors (Lipinski definition) is 0. The Morgan fingerprint density at radius 3 is 2.64 bits per heavy atom. The number of halogens is 2. The molecule has 25 heavy (non-hydrogen) atoms. The van der Waals surface area contributed by atoms with E-state index in [1.165, 1.54) is 12.1 Å². The maximum absolute atomic E-state index is 13.8. The molecule has 1 fully saturated rings. The van der Waals surface area contributed by atoms with Gasteiger partial charge in [-0.2, -0.15) is 0 Å². The summed E-state index contributed by atoms with van der Waals surface area (Å²) >= 11 is 5.99. The first-order chi connectivity index (χ1) is 12.0. The van der Waals surface area contributed by atoms with Gasteiger partial charge in [-0.3, -0.25) is 4.79 Å². The first kappa shape index (κ1) is 17.6. The molecular weight excluding hydrogens is 345 g/mol. The van der Waals surface area contributed by atoms with Crippen LogP contribution in [-0.4, -0.2) is 40.0 Å². The van der Waals surface area contributed by atoms with Crippen LogP contribution in [0.25, 0.3) is 0 Å². The first-order valence-corrected chi connectivity index (χ1v) is 8.56. The molecule has 0 spiro atoms. The Morgan fingerprint density at radius 1 is 1.32 bits per heavy atom. The minimum atomic E-state index is -0.449. The Morgan fingerprint density at radius 2 is 2.00 bits per heavy atom. The van der Waals surface area contributed by atoms with E-state index in [0.717, 1.165) is 5.56 Å². The summed E-state index contributed by atoms with van der Waals surface area (Å²) in [6.07, 6.45) is 4.74. The zero-order chi connectivity index (χ0) is 17.8. The van der Waals surface area contributed by atoms with Crippen molar-refractivity contribution in [3.8, 4) is 6.01 Å². The van der Waals surface area contributed by atoms with Crippen molar-refractivity contribution in [2.24, 2.45) is 0 Å². The number of rotatable bonds is 4. The van der Waals surface area contributed by atoms with Gasteiger partial charge in [0.1, 0.15) is 11.9 Å². The molecule has 0 unspecified atom stereocenters. The van der Waals surface area contributed by atoms with E-state index in [1.54, 1.807) is 23.4 Å². The third-order valence-electron chi connectivity index (χ3n) is 4.21. The highest BCUT2D eigenvalue weighted by molar-refractivity contribution is 6.31. The van der Waals surface area contributed by atoms with Gasteiger partial charge < -0.3 is 9.64 Å².